The Morgan fingerprint density at radius 3 is 2.74 bits per heavy atom. The molecular weight excluding hydrogens is 272 g/mol. The molecule has 0 bridgehead atoms. The SMILES string of the molecule is CSc1cccc(NC2CCCC2(C)C)c1C(N)=S. The van der Waals surface area contributed by atoms with Gasteiger partial charge < -0.3 is 11.1 Å². The first-order chi connectivity index (χ1) is 8.95. The molecule has 0 amide bonds. The minimum Gasteiger partial charge on any atom is -0.389 e. The smallest absolute Gasteiger partial charge is 0.107 e. The fourth-order valence-corrected chi connectivity index (χ4v) is 3.78. The van der Waals surface area contributed by atoms with Gasteiger partial charge in [-0.1, -0.05) is 38.6 Å². The zero-order valence-corrected chi connectivity index (χ0v) is 13.5. The van der Waals surface area contributed by atoms with E-state index in [1.165, 1.54) is 19.3 Å². The van der Waals surface area contributed by atoms with Gasteiger partial charge in [0.2, 0.25) is 0 Å². The number of hydrogen-bond acceptors (Lipinski definition) is 3. The van der Waals surface area contributed by atoms with E-state index in [9.17, 15) is 0 Å². The number of hydrogen-bond donors (Lipinski definition) is 2. The minimum atomic E-state index is 0.336. The molecule has 104 valence electrons. The number of rotatable bonds is 4. The lowest BCUT2D eigenvalue weighted by Crippen LogP contribution is -2.31. The van der Waals surface area contributed by atoms with Gasteiger partial charge in [-0.2, -0.15) is 0 Å². The fourth-order valence-electron chi connectivity index (χ4n) is 2.86. The number of benzene rings is 1. The second-order valence-corrected chi connectivity index (χ2v) is 7.11. The molecule has 1 atom stereocenters. The summed E-state index contributed by atoms with van der Waals surface area (Å²) in [5.41, 5.74) is 8.32. The summed E-state index contributed by atoms with van der Waals surface area (Å²) in [6.07, 6.45) is 5.83. The lowest BCUT2D eigenvalue weighted by atomic mass is 9.87. The number of anilines is 1. The van der Waals surface area contributed by atoms with E-state index in [1.54, 1.807) is 11.8 Å². The molecule has 1 unspecified atom stereocenters. The van der Waals surface area contributed by atoms with Gasteiger partial charge in [0.25, 0.3) is 0 Å². The predicted molar refractivity (Wildman–Crippen MR) is 89.2 cm³/mol. The zero-order valence-electron chi connectivity index (χ0n) is 11.8. The van der Waals surface area contributed by atoms with Crippen molar-refractivity contribution in [1.82, 2.24) is 0 Å². The molecule has 2 rings (SSSR count). The molecule has 0 saturated heterocycles. The summed E-state index contributed by atoms with van der Waals surface area (Å²) in [4.78, 5) is 1.62. The largest absolute Gasteiger partial charge is 0.389 e. The van der Waals surface area contributed by atoms with Crippen LogP contribution in [-0.2, 0) is 0 Å². The van der Waals surface area contributed by atoms with Gasteiger partial charge in [-0.15, -0.1) is 11.8 Å². The monoisotopic (exact) mass is 294 g/mol. The Hall–Kier alpha value is -0.740. The van der Waals surface area contributed by atoms with Crippen molar-refractivity contribution < 1.29 is 0 Å². The van der Waals surface area contributed by atoms with E-state index >= 15 is 0 Å². The van der Waals surface area contributed by atoms with E-state index in [4.69, 9.17) is 18.0 Å². The number of nitrogens with two attached hydrogens (primary N) is 1. The van der Waals surface area contributed by atoms with Gasteiger partial charge in [0.1, 0.15) is 4.99 Å². The van der Waals surface area contributed by atoms with Crippen LogP contribution in [-0.4, -0.2) is 17.3 Å². The maximum atomic E-state index is 5.91. The van der Waals surface area contributed by atoms with E-state index in [-0.39, 0.29) is 0 Å². The van der Waals surface area contributed by atoms with Crippen LogP contribution in [0.2, 0.25) is 0 Å². The third kappa shape index (κ3) is 3.06. The van der Waals surface area contributed by atoms with Crippen molar-refractivity contribution in [3.63, 3.8) is 0 Å². The van der Waals surface area contributed by atoms with Crippen molar-refractivity contribution >= 4 is 34.7 Å². The van der Waals surface area contributed by atoms with Gasteiger partial charge in [0.05, 0.1) is 0 Å². The highest BCUT2D eigenvalue weighted by Crippen LogP contribution is 2.40. The number of thioether (sulfide) groups is 1. The van der Waals surface area contributed by atoms with Crippen LogP contribution >= 0.6 is 24.0 Å². The Balaban J connectivity index is 2.32. The molecule has 19 heavy (non-hydrogen) atoms. The molecule has 0 heterocycles. The predicted octanol–water partition coefficient (Wildman–Crippen LogP) is 4.03. The van der Waals surface area contributed by atoms with Crippen LogP contribution in [0.3, 0.4) is 0 Å². The molecule has 1 aliphatic rings. The second-order valence-electron chi connectivity index (χ2n) is 5.82. The van der Waals surface area contributed by atoms with Crippen LogP contribution < -0.4 is 11.1 Å². The van der Waals surface area contributed by atoms with Crippen LogP contribution in [0, 0.1) is 5.41 Å². The summed E-state index contributed by atoms with van der Waals surface area (Å²) in [5, 5.41) is 3.67. The molecule has 1 aromatic carbocycles. The molecule has 1 aromatic rings. The molecule has 3 N–H and O–H groups in total. The molecule has 0 aliphatic heterocycles. The lowest BCUT2D eigenvalue weighted by Gasteiger charge is -2.30. The molecule has 0 radical (unpaired) electrons. The van der Waals surface area contributed by atoms with Crippen LogP contribution in [0.25, 0.3) is 0 Å². The fraction of sp³-hybridized carbons (Fsp3) is 0.533. The highest BCUT2D eigenvalue weighted by atomic mass is 32.2. The summed E-state index contributed by atoms with van der Waals surface area (Å²) < 4.78 is 0. The van der Waals surface area contributed by atoms with Gasteiger partial charge in [0.15, 0.2) is 0 Å². The van der Waals surface area contributed by atoms with E-state index < -0.39 is 0 Å². The normalized spacial score (nSPS) is 21.3. The molecule has 1 fully saturated rings. The Kier molecular flexibility index (Phi) is 4.41. The lowest BCUT2D eigenvalue weighted by molar-refractivity contribution is 0.350. The average Bonchev–Trinajstić information content (AvgIpc) is 2.68. The first-order valence-electron chi connectivity index (χ1n) is 6.69. The Bertz CT molecular complexity index is 483. The van der Waals surface area contributed by atoms with E-state index in [0.29, 0.717) is 16.4 Å². The Morgan fingerprint density at radius 1 is 1.47 bits per heavy atom. The van der Waals surface area contributed by atoms with Gasteiger partial charge in [-0.3, -0.25) is 0 Å². The van der Waals surface area contributed by atoms with Crippen molar-refractivity contribution in [3.05, 3.63) is 23.8 Å². The maximum absolute atomic E-state index is 5.91. The molecule has 0 aromatic heterocycles. The molecule has 4 heteroatoms. The first-order valence-corrected chi connectivity index (χ1v) is 8.32. The quantitative estimate of drug-likeness (QED) is 0.649. The first kappa shape index (κ1) is 14.7. The summed E-state index contributed by atoms with van der Waals surface area (Å²) in [6, 6.07) is 6.72. The minimum absolute atomic E-state index is 0.336. The van der Waals surface area contributed by atoms with Crippen LogP contribution in [0.4, 0.5) is 5.69 Å². The third-order valence-electron chi connectivity index (χ3n) is 4.08. The van der Waals surface area contributed by atoms with Crippen LogP contribution in [0.15, 0.2) is 23.1 Å². The Morgan fingerprint density at radius 2 is 2.21 bits per heavy atom. The third-order valence-corrected chi connectivity index (χ3v) is 5.06. The van der Waals surface area contributed by atoms with Gasteiger partial charge >= 0.3 is 0 Å². The maximum Gasteiger partial charge on any atom is 0.107 e. The average molecular weight is 294 g/mol. The van der Waals surface area contributed by atoms with E-state index in [2.05, 4.69) is 43.6 Å². The second kappa shape index (κ2) is 5.71. The van der Waals surface area contributed by atoms with Crippen molar-refractivity contribution in [2.45, 2.75) is 44.0 Å². The number of nitrogens with one attached hydrogen (secondary N) is 1. The van der Waals surface area contributed by atoms with Gasteiger partial charge in [-0.25, -0.2) is 0 Å². The van der Waals surface area contributed by atoms with Gasteiger partial charge in [0, 0.05) is 22.2 Å². The highest BCUT2D eigenvalue weighted by Gasteiger charge is 2.34. The molecule has 1 aliphatic carbocycles. The highest BCUT2D eigenvalue weighted by molar-refractivity contribution is 7.98. The molecule has 1 saturated carbocycles. The Labute approximate surface area is 125 Å². The molecule has 0 spiro atoms. The van der Waals surface area contributed by atoms with Crippen molar-refractivity contribution in [2.75, 3.05) is 11.6 Å². The van der Waals surface area contributed by atoms with Crippen LogP contribution in [0.5, 0.6) is 0 Å². The summed E-state index contributed by atoms with van der Waals surface area (Å²) in [5.74, 6) is 0. The molecular formula is C15H22N2S2. The summed E-state index contributed by atoms with van der Waals surface area (Å²) in [7, 11) is 0. The topological polar surface area (TPSA) is 38.0 Å². The summed E-state index contributed by atoms with van der Waals surface area (Å²) in [6.45, 7) is 4.66. The standard InChI is InChI=1S/C15H22N2S2/c1-15(2)9-5-8-12(15)17-10-6-4-7-11(19-3)13(10)14(16)18/h4,6-7,12,17H,5,8-9H2,1-3H3,(H2,16,18). The van der Waals surface area contributed by atoms with Crippen molar-refractivity contribution in [3.8, 4) is 0 Å². The van der Waals surface area contributed by atoms with Crippen molar-refractivity contribution in [1.29, 1.82) is 0 Å². The van der Waals surface area contributed by atoms with Gasteiger partial charge in [-0.05, 0) is 36.6 Å². The van der Waals surface area contributed by atoms with Crippen molar-refractivity contribution in [2.24, 2.45) is 11.1 Å². The zero-order chi connectivity index (χ0) is 14.0. The van der Waals surface area contributed by atoms with E-state index in [0.717, 1.165) is 16.1 Å². The van der Waals surface area contributed by atoms with E-state index in [1.807, 2.05) is 0 Å². The summed E-state index contributed by atoms with van der Waals surface area (Å²) >= 11 is 6.91. The van der Waals surface area contributed by atoms with Crippen LogP contribution in [0.1, 0.15) is 38.7 Å². The molecule has 2 nitrogen and oxygen atoms in total. The number of thiocarbonyl (C=S) groups is 1.